The van der Waals surface area contributed by atoms with Gasteiger partial charge in [-0.25, -0.2) is 0 Å². The summed E-state index contributed by atoms with van der Waals surface area (Å²) in [6.45, 7) is 4.50. The maximum atomic E-state index is 10.5. The smallest absolute Gasteiger partial charge is 0.167 e. The molecular weight excluding hydrogens is 332 g/mol. The van der Waals surface area contributed by atoms with Crippen molar-refractivity contribution in [1.82, 2.24) is 0 Å². The molecule has 2 aromatic rings. The molecule has 4 rings (SSSR count). The van der Waals surface area contributed by atoms with Crippen molar-refractivity contribution < 1.29 is 24.4 Å². The normalized spacial score (nSPS) is 19.5. The van der Waals surface area contributed by atoms with E-state index in [9.17, 15) is 10.2 Å². The maximum absolute atomic E-state index is 10.5. The standard InChI is InChI=1S/C21H22O5/c1-11(2)4-6-14-20-15(9-17(23)21(14)24-3)16-10-25-18-8-12(22)5-7-13(18)19(16)26-20/h4-5,7-9,16,19,22-23H,6,10H2,1-3H3. The van der Waals surface area contributed by atoms with E-state index < -0.39 is 0 Å². The van der Waals surface area contributed by atoms with Crippen molar-refractivity contribution in [3.05, 3.63) is 52.6 Å². The van der Waals surface area contributed by atoms with Gasteiger partial charge in [-0.15, -0.1) is 0 Å². The molecular formula is C21H22O5. The Balaban J connectivity index is 1.82. The lowest BCUT2D eigenvalue weighted by molar-refractivity contribution is 0.138. The van der Waals surface area contributed by atoms with E-state index in [-0.39, 0.29) is 23.5 Å². The molecule has 136 valence electrons. The predicted molar refractivity (Wildman–Crippen MR) is 97.5 cm³/mol. The van der Waals surface area contributed by atoms with Crippen LogP contribution in [0.1, 0.15) is 42.6 Å². The molecule has 2 atom stereocenters. The lowest BCUT2D eigenvalue weighted by Crippen LogP contribution is -2.23. The molecule has 0 bridgehead atoms. The molecule has 5 nitrogen and oxygen atoms in total. The molecule has 0 saturated heterocycles. The number of ether oxygens (including phenoxy) is 3. The molecule has 26 heavy (non-hydrogen) atoms. The van der Waals surface area contributed by atoms with E-state index in [0.29, 0.717) is 24.5 Å². The minimum absolute atomic E-state index is 0.00991. The summed E-state index contributed by atoms with van der Waals surface area (Å²) in [4.78, 5) is 0. The predicted octanol–water partition coefficient (Wildman–Crippen LogP) is 4.22. The van der Waals surface area contributed by atoms with Crippen LogP contribution in [-0.4, -0.2) is 23.9 Å². The van der Waals surface area contributed by atoms with Crippen LogP contribution >= 0.6 is 0 Å². The molecule has 2 unspecified atom stereocenters. The number of fused-ring (bicyclic) bond motifs is 5. The largest absolute Gasteiger partial charge is 0.508 e. The van der Waals surface area contributed by atoms with Crippen molar-refractivity contribution in [2.24, 2.45) is 0 Å². The van der Waals surface area contributed by atoms with Crippen LogP contribution in [0, 0.1) is 0 Å². The summed E-state index contributed by atoms with van der Waals surface area (Å²) in [5.41, 5.74) is 3.87. The van der Waals surface area contributed by atoms with E-state index in [4.69, 9.17) is 14.2 Å². The number of allylic oxidation sites excluding steroid dienone is 2. The molecule has 2 N–H and O–H groups in total. The average Bonchev–Trinajstić information content (AvgIpc) is 2.97. The van der Waals surface area contributed by atoms with E-state index >= 15 is 0 Å². The number of aromatic hydroxyl groups is 2. The molecule has 0 spiro atoms. The SMILES string of the molecule is COc1c(O)cc2c(c1CC=C(C)C)OC1c3ccc(O)cc3OCC21. The van der Waals surface area contributed by atoms with Gasteiger partial charge in [0.05, 0.1) is 19.6 Å². The van der Waals surface area contributed by atoms with Crippen LogP contribution in [0.5, 0.6) is 28.7 Å². The zero-order chi connectivity index (χ0) is 18.4. The summed E-state index contributed by atoms with van der Waals surface area (Å²) in [5.74, 6) is 2.12. The number of hydrogen-bond acceptors (Lipinski definition) is 5. The zero-order valence-corrected chi connectivity index (χ0v) is 15.1. The van der Waals surface area contributed by atoms with Crippen molar-refractivity contribution >= 4 is 0 Å². The summed E-state index contributed by atoms with van der Waals surface area (Å²) in [6, 6.07) is 6.80. The third-order valence-electron chi connectivity index (χ3n) is 4.99. The van der Waals surface area contributed by atoms with E-state index in [0.717, 1.165) is 22.4 Å². The van der Waals surface area contributed by atoms with Gasteiger partial charge in [0.25, 0.3) is 0 Å². The van der Waals surface area contributed by atoms with E-state index in [1.165, 1.54) is 5.57 Å². The van der Waals surface area contributed by atoms with Crippen LogP contribution in [0.15, 0.2) is 35.9 Å². The first-order valence-corrected chi connectivity index (χ1v) is 8.68. The van der Waals surface area contributed by atoms with Crippen molar-refractivity contribution in [2.75, 3.05) is 13.7 Å². The fourth-order valence-corrected chi connectivity index (χ4v) is 3.74. The lowest BCUT2D eigenvalue weighted by Gasteiger charge is -2.27. The maximum Gasteiger partial charge on any atom is 0.167 e. The third-order valence-corrected chi connectivity index (χ3v) is 4.99. The number of phenols is 2. The van der Waals surface area contributed by atoms with Crippen LogP contribution in [0.2, 0.25) is 0 Å². The van der Waals surface area contributed by atoms with Gasteiger partial charge in [0.1, 0.15) is 23.4 Å². The Morgan fingerprint density at radius 2 is 2.04 bits per heavy atom. The fraction of sp³-hybridized carbons (Fsp3) is 0.333. The summed E-state index contributed by atoms with van der Waals surface area (Å²) in [5, 5.41) is 20.2. The highest BCUT2D eigenvalue weighted by Gasteiger charge is 2.43. The van der Waals surface area contributed by atoms with Gasteiger partial charge < -0.3 is 24.4 Å². The number of methoxy groups -OCH3 is 1. The van der Waals surface area contributed by atoms with Crippen LogP contribution < -0.4 is 14.2 Å². The number of benzene rings is 2. The van der Waals surface area contributed by atoms with Gasteiger partial charge in [-0.2, -0.15) is 0 Å². The highest BCUT2D eigenvalue weighted by Crippen LogP contribution is 2.55. The highest BCUT2D eigenvalue weighted by molar-refractivity contribution is 5.62. The second kappa shape index (κ2) is 6.16. The Morgan fingerprint density at radius 1 is 1.23 bits per heavy atom. The number of hydrogen-bond donors (Lipinski definition) is 2. The van der Waals surface area contributed by atoms with Gasteiger partial charge in [0.2, 0.25) is 0 Å². The monoisotopic (exact) mass is 354 g/mol. The Labute approximate surface area is 152 Å². The Kier molecular flexibility index (Phi) is 3.94. The summed E-state index contributed by atoms with van der Waals surface area (Å²) in [7, 11) is 1.55. The molecule has 0 aromatic heterocycles. The van der Waals surface area contributed by atoms with Gasteiger partial charge >= 0.3 is 0 Å². The second-order valence-corrected chi connectivity index (χ2v) is 6.99. The number of phenolic OH excluding ortho intramolecular Hbond substituents is 2. The fourth-order valence-electron chi connectivity index (χ4n) is 3.74. The summed E-state index contributed by atoms with van der Waals surface area (Å²) in [6.07, 6.45) is 2.50. The minimum atomic E-state index is -0.202. The van der Waals surface area contributed by atoms with E-state index in [1.807, 2.05) is 19.9 Å². The molecule has 0 fully saturated rings. The Hall–Kier alpha value is -2.82. The first kappa shape index (κ1) is 16.6. The van der Waals surface area contributed by atoms with Gasteiger partial charge in [-0.3, -0.25) is 0 Å². The Morgan fingerprint density at radius 3 is 2.77 bits per heavy atom. The van der Waals surface area contributed by atoms with Crippen LogP contribution in [-0.2, 0) is 6.42 Å². The topological polar surface area (TPSA) is 68.2 Å². The minimum Gasteiger partial charge on any atom is -0.508 e. The second-order valence-electron chi connectivity index (χ2n) is 6.99. The van der Waals surface area contributed by atoms with Crippen molar-refractivity contribution in [2.45, 2.75) is 32.3 Å². The van der Waals surface area contributed by atoms with Crippen LogP contribution in [0.25, 0.3) is 0 Å². The van der Waals surface area contributed by atoms with E-state index in [2.05, 4.69) is 6.08 Å². The first-order chi connectivity index (χ1) is 12.5. The molecule has 2 heterocycles. The quantitative estimate of drug-likeness (QED) is 0.808. The molecule has 2 aromatic carbocycles. The number of rotatable bonds is 3. The molecule has 0 saturated carbocycles. The van der Waals surface area contributed by atoms with E-state index in [1.54, 1.807) is 25.3 Å². The summed E-state index contributed by atoms with van der Waals surface area (Å²) < 4.78 is 17.6. The van der Waals surface area contributed by atoms with Crippen LogP contribution in [0.4, 0.5) is 0 Å². The Bertz CT molecular complexity index is 896. The lowest BCUT2D eigenvalue weighted by atomic mass is 9.88. The summed E-state index contributed by atoms with van der Waals surface area (Å²) >= 11 is 0. The van der Waals surface area contributed by atoms with Gasteiger partial charge in [-0.1, -0.05) is 11.6 Å². The molecule has 0 aliphatic carbocycles. The molecule has 2 aliphatic rings. The zero-order valence-electron chi connectivity index (χ0n) is 15.1. The van der Waals surface area contributed by atoms with Crippen molar-refractivity contribution in [3.8, 4) is 28.7 Å². The van der Waals surface area contributed by atoms with Crippen molar-refractivity contribution in [1.29, 1.82) is 0 Å². The molecule has 0 amide bonds. The molecule has 2 aliphatic heterocycles. The average molecular weight is 354 g/mol. The first-order valence-electron chi connectivity index (χ1n) is 8.68. The molecule has 5 heteroatoms. The van der Waals surface area contributed by atoms with Crippen molar-refractivity contribution in [3.63, 3.8) is 0 Å². The van der Waals surface area contributed by atoms with Gasteiger partial charge in [0.15, 0.2) is 11.5 Å². The van der Waals surface area contributed by atoms with Gasteiger partial charge in [0, 0.05) is 22.8 Å². The highest BCUT2D eigenvalue weighted by atomic mass is 16.5. The third kappa shape index (κ3) is 2.55. The van der Waals surface area contributed by atoms with Gasteiger partial charge in [-0.05, 0) is 38.5 Å². The van der Waals surface area contributed by atoms with Crippen LogP contribution in [0.3, 0.4) is 0 Å². The molecule has 0 radical (unpaired) electrons.